The Morgan fingerprint density at radius 3 is 2.46 bits per heavy atom. The number of esters is 1. The van der Waals surface area contributed by atoms with Crippen LogP contribution in [0.15, 0.2) is 70.3 Å². The van der Waals surface area contributed by atoms with Crippen LogP contribution in [0.5, 0.6) is 0 Å². The fourth-order valence-corrected chi connectivity index (χ4v) is 4.04. The summed E-state index contributed by atoms with van der Waals surface area (Å²) >= 11 is 1.36. The minimum atomic E-state index is -0.466. The second-order valence-electron chi connectivity index (χ2n) is 6.23. The molecule has 6 nitrogen and oxygen atoms in total. The van der Waals surface area contributed by atoms with Crippen molar-refractivity contribution in [2.45, 2.75) is 6.54 Å². The zero-order valence-corrected chi connectivity index (χ0v) is 15.8. The number of nitrogens with zero attached hydrogens (tertiary/aromatic N) is 1. The number of benzene rings is 2. The minimum absolute atomic E-state index is 0.115. The summed E-state index contributed by atoms with van der Waals surface area (Å²) in [4.78, 5) is 40.6. The molecule has 2 heterocycles. The summed E-state index contributed by atoms with van der Waals surface area (Å²) in [6.07, 6.45) is 0. The normalized spacial score (nSPS) is 10.9. The van der Waals surface area contributed by atoms with Crippen LogP contribution >= 0.6 is 11.3 Å². The molecule has 2 aromatic heterocycles. The highest BCUT2D eigenvalue weighted by atomic mass is 32.1. The van der Waals surface area contributed by atoms with Gasteiger partial charge in [0.15, 0.2) is 0 Å². The van der Waals surface area contributed by atoms with Crippen molar-refractivity contribution in [1.82, 2.24) is 9.55 Å². The molecule has 0 spiro atoms. The number of H-pyrrole nitrogens is 1. The van der Waals surface area contributed by atoms with Crippen molar-refractivity contribution < 1.29 is 9.53 Å². The van der Waals surface area contributed by atoms with Crippen molar-refractivity contribution in [3.8, 4) is 10.4 Å². The maximum Gasteiger partial charge on any atom is 0.337 e. The van der Waals surface area contributed by atoms with Crippen LogP contribution in [0.4, 0.5) is 0 Å². The standard InChI is InChI=1S/C21H16N2O4S/c1-27-20(25)15-9-7-13(8-10-15)12-23-19(24)18-16(22-21(23)26)11-17(28-18)14-5-3-2-4-6-14/h2-11H,12H2,1H3,(H,22,26). The first kappa shape index (κ1) is 17.9. The Morgan fingerprint density at radius 2 is 1.79 bits per heavy atom. The predicted molar refractivity (Wildman–Crippen MR) is 109 cm³/mol. The average molecular weight is 392 g/mol. The van der Waals surface area contributed by atoms with Crippen LogP contribution in [-0.4, -0.2) is 22.6 Å². The molecule has 0 bridgehead atoms. The second kappa shape index (κ2) is 7.28. The van der Waals surface area contributed by atoms with E-state index in [1.807, 2.05) is 36.4 Å². The molecule has 4 aromatic rings. The number of methoxy groups -OCH3 is 1. The monoisotopic (exact) mass is 392 g/mol. The van der Waals surface area contributed by atoms with Crippen LogP contribution in [0.2, 0.25) is 0 Å². The number of aromatic nitrogens is 2. The van der Waals surface area contributed by atoms with Gasteiger partial charge in [-0.15, -0.1) is 11.3 Å². The number of nitrogens with one attached hydrogen (secondary N) is 1. The van der Waals surface area contributed by atoms with E-state index in [0.29, 0.717) is 15.8 Å². The fourth-order valence-electron chi connectivity index (χ4n) is 2.98. The number of ether oxygens (including phenoxy) is 1. The maximum absolute atomic E-state index is 12.9. The van der Waals surface area contributed by atoms with Gasteiger partial charge in [0.05, 0.1) is 24.7 Å². The van der Waals surface area contributed by atoms with Crippen LogP contribution in [-0.2, 0) is 11.3 Å². The summed E-state index contributed by atoms with van der Waals surface area (Å²) in [7, 11) is 1.31. The van der Waals surface area contributed by atoms with Gasteiger partial charge in [-0.1, -0.05) is 42.5 Å². The number of rotatable bonds is 4. The van der Waals surface area contributed by atoms with Gasteiger partial charge >= 0.3 is 11.7 Å². The molecular formula is C21H16N2O4S. The van der Waals surface area contributed by atoms with E-state index < -0.39 is 11.7 Å². The number of carbonyl (C=O) groups excluding carboxylic acids is 1. The third-order valence-electron chi connectivity index (χ3n) is 4.43. The van der Waals surface area contributed by atoms with E-state index >= 15 is 0 Å². The first-order chi connectivity index (χ1) is 13.6. The largest absolute Gasteiger partial charge is 0.465 e. The number of thiophene rings is 1. The second-order valence-corrected chi connectivity index (χ2v) is 7.28. The minimum Gasteiger partial charge on any atom is -0.465 e. The smallest absolute Gasteiger partial charge is 0.337 e. The molecule has 0 saturated carbocycles. The topological polar surface area (TPSA) is 81.2 Å². The summed E-state index contributed by atoms with van der Waals surface area (Å²) in [6, 6.07) is 18.2. The lowest BCUT2D eigenvalue weighted by molar-refractivity contribution is 0.0600. The molecule has 0 fully saturated rings. The Hall–Kier alpha value is -3.45. The lowest BCUT2D eigenvalue weighted by atomic mass is 10.1. The van der Waals surface area contributed by atoms with Crippen molar-refractivity contribution in [2.75, 3.05) is 7.11 Å². The molecule has 28 heavy (non-hydrogen) atoms. The Bertz CT molecular complexity index is 1270. The van der Waals surface area contributed by atoms with Gasteiger partial charge in [0, 0.05) is 4.88 Å². The van der Waals surface area contributed by atoms with Crippen LogP contribution in [0.3, 0.4) is 0 Å². The Labute approximate surface area is 163 Å². The highest BCUT2D eigenvalue weighted by molar-refractivity contribution is 7.22. The van der Waals surface area contributed by atoms with E-state index in [1.165, 1.54) is 23.0 Å². The summed E-state index contributed by atoms with van der Waals surface area (Å²) in [5, 5.41) is 0. The molecule has 140 valence electrons. The molecule has 7 heteroatoms. The van der Waals surface area contributed by atoms with E-state index in [2.05, 4.69) is 9.72 Å². The molecule has 0 unspecified atom stereocenters. The van der Waals surface area contributed by atoms with Crippen molar-refractivity contribution >= 4 is 27.5 Å². The molecule has 4 rings (SSSR count). The first-order valence-corrected chi connectivity index (χ1v) is 9.38. The quantitative estimate of drug-likeness (QED) is 0.541. The van der Waals surface area contributed by atoms with Gasteiger partial charge in [-0.3, -0.25) is 9.36 Å². The van der Waals surface area contributed by atoms with Crippen molar-refractivity contribution in [3.05, 3.63) is 92.6 Å². The van der Waals surface area contributed by atoms with E-state index in [1.54, 1.807) is 24.3 Å². The van der Waals surface area contributed by atoms with Crippen molar-refractivity contribution in [2.24, 2.45) is 0 Å². The summed E-state index contributed by atoms with van der Waals surface area (Å²) in [6.45, 7) is 0.115. The molecule has 1 N–H and O–H groups in total. The van der Waals surface area contributed by atoms with Gasteiger partial charge in [-0.25, -0.2) is 9.59 Å². The van der Waals surface area contributed by atoms with Gasteiger partial charge in [0.25, 0.3) is 5.56 Å². The number of hydrogen-bond donors (Lipinski definition) is 1. The number of carbonyl (C=O) groups is 1. The molecule has 0 amide bonds. The summed E-state index contributed by atoms with van der Waals surface area (Å²) < 4.78 is 6.34. The third-order valence-corrected chi connectivity index (χ3v) is 5.60. The number of hydrogen-bond acceptors (Lipinski definition) is 5. The van der Waals surface area contributed by atoms with E-state index in [-0.39, 0.29) is 12.1 Å². The Balaban J connectivity index is 1.72. The summed E-state index contributed by atoms with van der Waals surface area (Å²) in [5.41, 5.74) is 1.88. The molecule has 0 aliphatic heterocycles. The lowest BCUT2D eigenvalue weighted by Gasteiger charge is -2.06. The van der Waals surface area contributed by atoms with Crippen LogP contribution in [0.1, 0.15) is 15.9 Å². The van der Waals surface area contributed by atoms with Gasteiger partial charge < -0.3 is 9.72 Å². The Morgan fingerprint density at radius 1 is 1.07 bits per heavy atom. The van der Waals surface area contributed by atoms with Gasteiger partial charge in [-0.05, 0) is 29.3 Å². The highest BCUT2D eigenvalue weighted by Crippen LogP contribution is 2.30. The Kier molecular flexibility index (Phi) is 4.67. The van der Waals surface area contributed by atoms with E-state index in [0.717, 1.165) is 16.0 Å². The average Bonchev–Trinajstić information content (AvgIpc) is 3.16. The molecule has 0 aliphatic rings. The van der Waals surface area contributed by atoms with Crippen LogP contribution < -0.4 is 11.2 Å². The van der Waals surface area contributed by atoms with E-state index in [4.69, 9.17) is 0 Å². The van der Waals surface area contributed by atoms with Crippen LogP contribution in [0, 0.1) is 0 Å². The molecule has 2 aromatic carbocycles. The zero-order chi connectivity index (χ0) is 19.7. The predicted octanol–water partition coefficient (Wildman–Crippen LogP) is 3.25. The van der Waals surface area contributed by atoms with Crippen molar-refractivity contribution in [3.63, 3.8) is 0 Å². The molecule has 0 atom stereocenters. The van der Waals surface area contributed by atoms with Gasteiger partial charge in [-0.2, -0.15) is 0 Å². The SMILES string of the molecule is COC(=O)c1ccc(Cn2c(=O)[nH]c3cc(-c4ccccc4)sc3c2=O)cc1. The van der Waals surface area contributed by atoms with Crippen molar-refractivity contribution in [1.29, 1.82) is 0 Å². The van der Waals surface area contributed by atoms with Gasteiger partial charge in [0.2, 0.25) is 0 Å². The van der Waals surface area contributed by atoms with Gasteiger partial charge in [0.1, 0.15) is 4.70 Å². The third kappa shape index (κ3) is 3.27. The van der Waals surface area contributed by atoms with Crippen LogP contribution in [0.25, 0.3) is 20.7 Å². The highest BCUT2D eigenvalue weighted by Gasteiger charge is 2.13. The number of fused-ring (bicyclic) bond motifs is 1. The first-order valence-electron chi connectivity index (χ1n) is 8.56. The number of aromatic amines is 1. The maximum atomic E-state index is 12.9. The summed E-state index contributed by atoms with van der Waals surface area (Å²) in [5.74, 6) is -0.435. The zero-order valence-electron chi connectivity index (χ0n) is 15.0. The van der Waals surface area contributed by atoms with E-state index in [9.17, 15) is 14.4 Å². The lowest BCUT2D eigenvalue weighted by Crippen LogP contribution is -2.34. The molecule has 0 aliphatic carbocycles. The molecule has 0 radical (unpaired) electrons. The molecular weight excluding hydrogens is 376 g/mol. The molecule has 0 saturated heterocycles. The fraction of sp³-hybridized carbons (Fsp3) is 0.0952.